The Hall–Kier alpha value is -0.900. The minimum absolute atomic E-state index is 0.245. The summed E-state index contributed by atoms with van der Waals surface area (Å²) < 4.78 is 0. The fourth-order valence-electron chi connectivity index (χ4n) is 1.41. The van der Waals surface area contributed by atoms with Crippen LogP contribution in [0.1, 0.15) is 42.0 Å². The van der Waals surface area contributed by atoms with Crippen molar-refractivity contribution in [1.82, 2.24) is 4.98 Å². The highest BCUT2D eigenvalue weighted by Crippen LogP contribution is 2.28. The molecule has 0 unspecified atom stereocenters. The summed E-state index contributed by atoms with van der Waals surface area (Å²) in [7, 11) is 0. The van der Waals surface area contributed by atoms with E-state index in [1.54, 1.807) is 11.3 Å². The van der Waals surface area contributed by atoms with Crippen molar-refractivity contribution >= 4 is 17.3 Å². The van der Waals surface area contributed by atoms with Crippen LogP contribution in [0.25, 0.3) is 0 Å². The van der Waals surface area contributed by atoms with Crippen molar-refractivity contribution < 1.29 is 9.90 Å². The zero-order valence-corrected chi connectivity index (χ0v) is 9.30. The highest BCUT2D eigenvalue weighted by atomic mass is 32.1. The quantitative estimate of drug-likeness (QED) is 0.818. The van der Waals surface area contributed by atoms with Crippen molar-refractivity contribution in [2.75, 3.05) is 0 Å². The van der Waals surface area contributed by atoms with E-state index in [0.29, 0.717) is 12.3 Å². The topological polar surface area (TPSA) is 50.2 Å². The van der Waals surface area contributed by atoms with E-state index in [2.05, 4.69) is 11.9 Å². The summed E-state index contributed by atoms with van der Waals surface area (Å²) in [5, 5.41) is 9.65. The van der Waals surface area contributed by atoms with Crippen LogP contribution in [0, 0.1) is 6.92 Å². The van der Waals surface area contributed by atoms with E-state index in [0.717, 1.165) is 11.4 Å². The summed E-state index contributed by atoms with van der Waals surface area (Å²) in [5.74, 6) is -0.359. The third-order valence-corrected chi connectivity index (χ3v) is 3.32. The molecule has 0 spiro atoms. The third kappa shape index (κ3) is 3.10. The Labute approximate surface area is 87.8 Å². The number of carbonyl (C=O) groups is 1. The van der Waals surface area contributed by atoms with Crippen LogP contribution in [-0.4, -0.2) is 16.1 Å². The first-order chi connectivity index (χ1) is 6.63. The first-order valence-corrected chi connectivity index (χ1v) is 5.59. The molecule has 0 fully saturated rings. The Morgan fingerprint density at radius 3 is 2.86 bits per heavy atom. The predicted molar refractivity (Wildman–Crippen MR) is 56.8 cm³/mol. The molecule has 1 N–H and O–H groups in total. The van der Waals surface area contributed by atoms with Gasteiger partial charge in [-0.2, -0.15) is 0 Å². The summed E-state index contributed by atoms with van der Waals surface area (Å²) in [4.78, 5) is 15.8. The van der Waals surface area contributed by atoms with Gasteiger partial charge in [0.05, 0.1) is 5.01 Å². The lowest BCUT2D eigenvalue weighted by molar-refractivity contribution is -0.137. The van der Waals surface area contributed by atoms with E-state index in [9.17, 15) is 4.79 Å². The largest absolute Gasteiger partial charge is 0.481 e. The number of carboxylic acids is 1. The molecule has 1 aromatic heterocycles. The number of aryl methyl sites for hydroxylation is 1. The second-order valence-corrected chi connectivity index (χ2v) is 4.59. The molecule has 1 atom stereocenters. The zero-order valence-electron chi connectivity index (χ0n) is 8.49. The van der Waals surface area contributed by atoms with E-state index in [1.165, 1.54) is 4.88 Å². The number of rotatable bonds is 5. The molecule has 78 valence electrons. The third-order valence-electron chi connectivity index (χ3n) is 2.24. The number of nitrogens with zero attached hydrogens (tertiary/aromatic N) is 1. The molecular weight excluding hydrogens is 198 g/mol. The van der Waals surface area contributed by atoms with Crippen molar-refractivity contribution in [2.45, 2.75) is 39.0 Å². The highest BCUT2D eigenvalue weighted by molar-refractivity contribution is 7.11. The van der Waals surface area contributed by atoms with Crippen LogP contribution in [0.3, 0.4) is 0 Å². The van der Waals surface area contributed by atoms with Gasteiger partial charge >= 0.3 is 5.97 Å². The summed E-state index contributed by atoms with van der Waals surface area (Å²) >= 11 is 1.67. The molecule has 0 radical (unpaired) electrons. The number of hydrogen-bond acceptors (Lipinski definition) is 3. The van der Waals surface area contributed by atoms with E-state index in [1.807, 2.05) is 13.1 Å². The molecule has 0 aliphatic carbocycles. The molecule has 1 heterocycles. The Morgan fingerprint density at radius 2 is 2.43 bits per heavy atom. The second-order valence-electron chi connectivity index (χ2n) is 3.32. The van der Waals surface area contributed by atoms with Gasteiger partial charge in [0.15, 0.2) is 0 Å². The van der Waals surface area contributed by atoms with E-state index >= 15 is 0 Å². The number of hydrogen-bond donors (Lipinski definition) is 1. The Balaban J connectivity index is 2.58. The number of aliphatic carboxylic acids is 1. The fourth-order valence-corrected chi connectivity index (χ4v) is 2.41. The predicted octanol–water partition coefficient (Wildman–Crippen LogP) is 2.81. The van der Waals surface area contributed by atoms with Gasteiger partial charge in [0, 0.05) is 17.5 Å². The van der Waals surface area contributed by atoms with Gasteiger partial charge in [0.25, 0.3) is 0 Å². The first-order valence-electron chi connectivity index (χ1n) is 4.77. The summed E-state index contributed by atoms with van der Waals surface area (Å²) in [6, 6.07) is 0. The average Bonchev–Trinajstić information content (AvgIpc) is 2.53. The van der Waals surface area contributed by atoms with Crippen LogP contribution < -0.4 is 0 Å². The monoisotopic (exact) mass is 213 g/mol. The van der Waals surface area contributed by atoms with Gasteiger partial charge in [-0.3, -0.25) is 4.79 Å². The van der Waals surface area contributed by atoms with E-state index in [-0.39, 0.29) is 6.42 Å². The Kier molecular flexibility index (Phi) is 4.07. The molecule has 0 amide bonds. The van der Waals surface area contributed by atoms with Crippen LogP contribution >= 0.6 is 11.3 Å². The highest BCUT2D eigenvalue weighted by Gasteiger charge is 2.13. The van der Waals surface area contributed by atoms with Crippen molar-refractivity contribution in [1.29, 1.82) is 0 Å². The maximum atomic E-state index is 10.4. The lowest BCUT2D eigenvalue weighted by Crippen LogP contribution is -2.00. The van der Waals surface area contributed by atoms with Gasteiger partial charge in [-0.15, -0.1) is 11.3 Å². The fraction of sp³-hybridized carbons (Fsp3) is 0.600. The van der Waals surface area contributed by atoms with Gasteiger partial charge in [-0.1, -0.05) is 6.92 Å². The molecule has 0 bridgehead atoms. The van der Waals surface area contributed by atoms with Crippen molar-refractivity contribution in [2.24, 2.45) is 0 Å². The van der Waals surface area contributed by atoms with E-state index in [4.69, 9.17) is 5.11 Å². The van der Waals surface area contributed by atoms with Crippen molar-refractivity contribution in [3.63, 3.8) is 0 Å². The lowest BCUT2D eigenvalue weighted by Gasteiger charge is -2.09. The molecule has 0 saturated carbocycles. The molecule has 4 heteroatoms. The number of thiazole rings is 1. The molecule has 3 nitrogen and oxygen atoms in total. The molecule has 0 saturated heterocycles. The van der Waals surface area contributed by atoms with Crippen LogP contribution in [-0.2, 0) is 4.79 Å². The molecule has 0 aromatic carbocycles. The Morgan fingerprint density at radius 1 is 1.71 bits per heavy atom. The van der Waals surface area contributed by atoms with Crippen molar-refractivity contribution in [3.05, 3.63) is 16.1 Å². The normalized spacial score (nSPS) is 12.7. The van der Waals surface area contributed by atoms with Crippen LogP contribution in [0.5, 0.6) is 0 Å². The molecule has 14 heavy (non-hydrogen) atoms. The van der Waals surface area contributed by atoms with Gasteiger partial charge < -0.3 is 5.11 Å². The summed E-state index contributed by atoms with van der Waals surface area (Å²) in [6.45, 7) is 4.06. The molecule has 1 rings (SSSR count). The molecular formula is C10H15NO2S. The van der Waals surface area contributed by atoms with Crippen LogP contribution in [0.4, 0.5) is 0 Å². The molecule has 0 aliphatic heterocycles. The number of carboxylic acid groups (broad SMARTS) is 1. The van der Waals surface area contributed by atoms with Gasteiger partial charge in [0.1, 0.15) is 0 Å². The standard InChI is InChI=1S/C10H15NO2S/c1-3-8(4-5-10(12)13)9-6-11-7(2)14-9/h6,8H,3-5H2,1-2H3,(H,12,13)/t8-/m1/s1. The average molecular weight is 213 g/mol. The zero-order chi connectivity index (χ0) is 10.6. The van der Waals surface area contributed by atoms with Crippen LogP contribution in [0.2, 0.25) is 0 Å². The van der Waals surface area contributed by atoms with Crippen molar-refractivity contribution in [3.8, 4) is 0 Å². The Bertz CT molecular complexity index is 309. The van der Waals surface area contributed by atoms with Gasteiger partial charge in [0.2, 0.25) is 0 Å². The smallest absolute Gasteiger partial charge is 0.303 e. The lowest BCUT2D eigenvalue weighted by atomic mass is 9.99. The molecule has 0 aliphatic rings. The summed E-state index contributed by atoms with van der Waals surface area (Å²) in [5.41, 5.74) is 0. The maximum Gasteiger partial charge on any atom is 0.303 e. The SMILES string of the molecule is CC[C@H](CCC(=O)O)c1cnc(C)s1. The van der Waals surface area contributed by atoms with Gasteiger partial charge in [-0.05, 0) is 25.7 Å². The maximum absolute atomic E-state index is 10.4. The van der Waals surface area contributed by atoms with E-state index < -0.39 is 5.97 Å². The summed E-state index contributed by atoms with van der Waals surface area (Å²) in [6.07, 6.45) is 3.81. The minimum atomic E-state index is -0.718. The minimum Gasteiger partial charge on any atom is -0.481 e. The second kappa shape index (κ2) is 5.10. The number of aromatic nitrogens is 1. The first kappa shape index (κ1) is 11.2. The van der Waals surface area contributed by atoms with Crippen LogP contribution in [0.15, 0.2) is 6.20 Å². The molecule has 1 aromatic rings. The van der Waals surface area contributed by atoms with Gasteiger partial charge in [-0.25, -0.2) is 4.98 Å².